The predicted octanol–water partition coefficient (Wildman–Crippen LogP) is 3.14. The molecule has 0 amide bonds. The highest BCUT2D eigenvalue weighted by Crippen LogP contribution is 2.18. The van der Waals surface area contributed by atoms with Crippen molar-refractivity contribution < 1.29 is 8.78 Å². The summed E-state index contributed by atoms with van der Waals surface area (Å²) in [5.41, 5.74) is 0.480. The molecule has 1 rings (SSSR count). The van der Waals surface area contributed by atoms with E-state index in [4.69, 9.17) is 0 Å². The SMILES string of the molecule is CCCC(CNC)Cc1cccc(F)c1F. The zero-order chi connectivity index (χ0) is 12.0. The Balaban J connectivity index is 2.72. The quantitative estimate of drug-likeness (QED) is 0.787. The summed E-state index contributed by atoms with van der Waals surface area (Å²) in [4.78, 5) is 0. The highest BCUT2D eigenvalue weighted by molar-refractivity contribution is 5.19. The summed E-state index contributed by atoms with van der Waals surface area (Å²) in [7, 11) is 1.88. The Bertz CT molecular complexity index is 320. The Labute approximate surface area is 95.9 Å². The van der Waals surface area contributed by atoms with Crippen LogP contribution < -0.4 is 5.32 Å². The van der Waals surface area contributed by atoms with Gasteiger partial charge < -0.3 is 5.32 Å². The molecular weight excluding hydrogens is 208 g/mol. The third-order valence-corrected chi connectivity index (χ3v) is 2.73. The van der Waals surface area contributed by atoms with Gasteiger partial charge in [0, 0.05) is 0 Å². The second kappa shape index (κ2) is 6.59. The second-order valence-corrected chi connectivity index (χ2v) is 4.13. The van der Waals surface area contributed by atoms with Gasteiger partial charge in [0.1, 0.15) is 0 Å². The summed E-state index contributed by atoms with van der Waals surface area (Å²) in [6, 6.07) is 4.39. The minimum Gasteiger partial charge on any atom is -0.319 e. The van der Waals surface area contributed by atoms with Gasteiger partial charge in [0.15, 0.2) is 11.6 Å². The molecule has 0 aliphatic rings. The molecule has 0 saturated carbocycles. The van der Waals surface area contributed by atoms with Crippen LogP contribution in [-0.2, 0) is 6.42 Å². The highest BCUT2D eigenvalue weighted by Gasteiger charge is 2.13. The fourth-order valence-electron chi connectivity index (χ4n) is 1.99. The van der Waals surface area contributed by atoms with Gasteiger partial charge in [-0.05, 0) is 44.0 Å². The molecule has 1 unspecified atom stereocenters. The van der Waals surface area contributed by atoms with Crippen molar-refractivity contribution in [2.24, 2.45) is 5.92 Å². The molecular formula is C13H19F2N. The molecule has 0 saturated heterocycles. The van der Waals surface area contributed by atoms with Crippen molar-refractivity contribution in [3.05, 3.63) is 35.4 Å². The van der Waals surface area contributed by atoms with E-state index in [0.717, 1.165) is 25.5 Å². The van der Waals surface area contributed by atoms with Crippen LogP contribution in [0.15, 0.2) is 18.2 Å². The molecule has 1 N–H and O–H groups in total. The Morgan fingerprint density at radius 3 is 2.69 bits per heavy atom. The normalized spacial score (nSPS) is 12.8. The smallest absolute Gasteiger partial charge is 0.162 e. The van der Waals surface area contributed by atoms with Crippen LogP contribution in [0.25, 0.3) is 0 Å². The Morgan fingerprint density at radius 2 is 2.06 bits per heavy atom. The van der Waals surface area contributed by atoms with Crippen LogP contribution in [0, 0.1) is 17.6 Å². The number of hydrogen-bond donors (Lipinski definition) is 1. The van der Waals surface area contributed by atoms with Gasteiger partial charge in [-0.25, -0.2) is 8.78 Å². The zero-order valence-corrected chi connectivity index (χ0v) is 9.89. The molecule has 16 heavy (non-hydrogen) atoms. The van der Waals surface area contributed by atoms with Gasteiger partial charge in [-0.15, -0.1) is 0 Å². The molecule has 3 heteroatoms. The van der Waals surface area contributed by atoms with Crippen LogP contribution in [0.3, 0.4) is 0 Å². The van der Waals surface area contributed by atoms with E-state index < -0.39 is 11.6 Å². The first-order chi connectivity index (χ1) is 7.69. The fourth-order valence-corrected chi connectivity index (χ4v) is 1.99. The van der Waals surface area contributed by atoms with E-state index >= 15 is 0 Å². The lowest BCUT2D eigenvalue weighted by Crippen LogP contribution is -2.21. The lowest BCUT2D eigenvalue weighted by Gasteiger charge is -2.16. The van der Waals surface area contributed by atoms with E-state index in [9.17, 15) is 8.78 Å². The van der Waals surface area contributed by atoms with Gasteiger partial charge in [-0.3, -0.25) is 0 Å². The van der Waals surface area contributed by atoms with Gasteiger partial charge in [-0.2, -0.15) is 0 Å². The van der Waals surface area contributed by atoms with Gasteiger partial charge in [-0.1, -0.05) is 25.5 Å². The van der Waals surface area contributed by atoms with Crippen LogP contribution in [0.5, 0.6) is 0 Å². The third kappa shape index (κ3) is 3.56. The molecule has 0 aliphatic carbocycles. The lowest BCUT2D eigenvalue weighted by atomic mass is 9.94. The van der Waals surface area contributed by atoms with Crippen molar-refractivity contribution in [2.45, 2.75) is 26.2 Å². The number of benzene rings is 1. The maximum Gasteiger partial charge on any atom is 0.162 e. The molecule has 0 heterocycles. The van der Waals surface area contributed by atoms with Gasteiger partial charge in [0.25, 0.3) is 0 Å². The van der Waals surface area contributed by atoms with E-state index in [2.05, 4.69) is 12.2 Å². The second-order valence-electron chi connectivity index (χ2n) is 4.13. The van der Waals surface area contributed by atoms with E-state index in [0.29, 0.717) is 17.9 Å². The first-order valence-corrected chi connectivity index (χ1v) is 5.76. The Kier molecular flexibility index (Phi) is 5.39. The van der Waals surface area contributed by atoms with Gasteiger partial charge in [0.05, 0.1) is 0 Å². The lowest BCUT2D eigenvalue weighted by molar-refractivity contribution is 0.436. The number of halogens is 2. The molecule has 1 nitrogen and oxygen atoms in total. The van der Waals surface area contributed by atoms with Crippen LogP contribution in [0.4, 0.5) is 8.78 Å². The molecule has 90 valence electrons. The minimum atomic E-state index is -0.753. The number of hydrogen-bond acceptors (Lipinski definition) is 1. The molecule has 1 aromatic carbocycles. The standard InChI is InChI=1S/C13H19F2N/c1-3-5-10(9-16-2)8-11-6-4-7-12(14)13(11)15/h4,6-7,10,16H,3,5,8-9H2,1-2H3. The summed E-state index contributed by atoms with van der Waals surface area (Å²) >= 11 is 0. The molecule has 1 atom stereocenters. The molecule has 0 fully saturated rings. The summed E-state index contributed by atoms with van der Waals surface area (Å²) in [6.07, 6.45) is 2.68. The van der Waals surface area contributed by atoms with E-state index in [1.165, 1.54) is 0 Å². The van der Waals surface area contributed by atoms with Crippen molar-refractivity contribution in [1.82, 2.24) is 5.32 Å². The Morgan fingerprint density at radius 1 is 1.31 bits per heavy atom. The van der Waals surface area contributed by atoms with Crippen LogP contribution in [0.2, 0.25) is 0 Å². The average molecular weight is 227 g/mol. The van der Waals surface area contributed by atoms with Crippen LogP contribution in [0.1, 0.15) is 25.3 Å². The minimum absolute atomic E-state index is 0.367. The van der Waals surface area contributed by atoms with Gasteiger partial charge >= 0.3 is 0 Å². The van der Waals surface area contributed by atoms with Crippen molar-refractivity contribution in [2.75, 3.05) is 13.6 Å². The fraction of sp³-hybridized carbons (Fsp3) is 0.538. The largest absolute Gasteiger partial charge is 0.319 e. The van der Waals surface area contributed by atoms with E-state index in [-0.39, 0.29) is 0 Å². The monoisotopic (exact) mass is 227 g/mol. The molecule has 0 aliphatic heterocycles. The Hall–Kier alpha value is -0.960. The van der Waals surface area contributed by atoms with E-state index in [1.54, 1.807) is 12.1 Å². The van der Waals surface area contributed by atoms with E-state index in [1.807, 2.05) is 7.05 Å². The average Bonchev–Trinajstić information content (AvgIpc) is 2.25. The summed E-state index contributed by atoms with van der Waals surface area (Å²) in [5.74, 6) is -1.08. The van der Waals surface area contributed by atoms with Crippen molar-refractivity contribution in [3.63, 3.8) is 0 Å². The first kappa shape index (κ1) is 13.1. The molecule has 0 bridgehead atoms. The molecule has 0 radical (unpaired) electrons. The topological polar surface area (TPSA) is 12.0 Å². The first-order valence-electron chi connectivity index (χ1n) is 5.76. The van der Waals surface area contributed by atoms with Crippen LogP contribution in [-0.4, -0.2) is 13.6 Å². The summed E-state index contributed by atoms with van der Waals surface area (Å²) < 4.78 is 26.5. The van der Waals surface area contributed by atoms with Crippen LogP contribution >= 0.6 is 0 Å². The maximum atomic E-state index is 13.4. The third-order valence-electron chi connectivity index (χ3n) is 2.73. The number of nitrogens with one attached hydrogen (secondary N) is 1. The maximum absolute atomic E-state index is 13.4. The van der Waals surface area contributed by atoms with Crippen molar-refractivity contribution in [1.29, 1.82) is 0 Å². The summed E-state index contributed by atoms with van der Waals surface area (Å²) in [5, 5.41) is 3.09. The number of rotatable bonds is 6. The molecule has 0 aromatic heterocycles. The van der Waals surface area contributed by atoms with Crippen molar-refractivity contribution in [3.8, 4) is 0 Å². The highest BCUT2D eigenvalue weighted by atomic mass is 19.2. The summed E-state index contributed by atoms with van der Waals surface area (Å²) in [6.45, 7) is 2.94. The zero-order valence-electron chi connectivity index (χ0n) is 9.89. The van der Waals surface area contributed by atoms with Gasteiger partial charge in [0.2, 0.25) is 0 Å². The predicted molar refractivity (Wildman–Crippen MR) is 62.4 cm³/mol. The van der Waals surface area contributed by atoms with Crippen molar-refractivity contribution >= 4 is 0 Å². The molecule has 1 aromatic rings. The molecule has 0 spiro atoms.